The number of anilines is 4. The van der Waals surface area contributed by atoms with Crippen molar-refractivity contribution in [3.05, 3.63) is 338 Å². The lowest BCUT2D eigenvalue weighted by Gasteiger charge is -2.32. The van der Waals surface area contributed by atoms with Gasteiger partial charge in [-0.15, -0.1) is 0 Å². The fraction of sp³-hybridized carbons (Fsp3) is 0.288. The van der Waals surface area contributed by atoms with Gasteiger partial charge in [-0.3, -0.25) is 57.7 Å². The monoisotopic (exact) mass is 1830 g/mol. The van der Waals surface area contributed by atoms with Crippen LogP contribution in [0.5, 0.6) is 0 Å². The first kappa shape index (κ1) is 94.2. The second-order valence-corrected chi connectivity index (χ2v) is 34.0. The third-order valence-electron chi connectivity index (χ3n) is 24.3. The van der Waals surface area contributed by atoms with Crippen LogP contribution in [-0.2, 0) is 24.4 Å². The predicted molar refractivity (Wildman–Crippen MR) is 533 cm³/mol. The van der Waals surface area contributed by atoms with Crippen LogP contribution < -0.4 is 31.9 Å². The molecule has 9 aromatic heterocycles. The first-order chi connectivity index (χ1) is 66.5. The van der Waals surface area contributed by atoms with Gasteiger partial charge in [0.15, 0.2) is 23.3 Å². The standard InChI is InChI=1S/C29H35N7O.C26H26N8O.C25H28FN7.C24H27FN6/c1-22(31-12-6-7-13-35-14-16-37-17-15-35)25-10-11-26-27(18-25)36(21-32-26)29-20-30-19-28(34-29)33-23(2)24-8-4-3-5-9-24;1-19(20-6-3-2-4-7-20)31-24-15-28-16-25(32-24)34-18-30-22-14-21(8-9-23(22)34)26(35)29-10-5-12-33-13-11-27-17-33;1-18(20-4-6-21(26)7-5-20)29-24-14-27-15-25(30-24)33-17-28-22-8-3-19(13-23(22)33)16-32-11-9-31(2)10-12-32;1-4-30(5-2)15-18-6-11-21-22(12-18)31(16-27-21)24-14-26-13-23(29-24)28-17(3)19-7-9-20(25)10-8-19/h3-5,8-11,18-21,23,31H,1,6-7,12-17H2,2H3,(H,33,34);2-4,6-9,11,13-19H,5,10,12H2,1H3,(H,29,35)(H,31,32);3-8,13-15,17-18H,9-12,16H2,1-2H3,(H,29,30);6-14,16-17H,4-5,15H2,1-3H3,(H,28,29)/t23-;19-;;/m00../s1. The minimum Gasteiger partial charge on any atom is -0.385 e. The largest absolute Gasteiger partial charge is 0.385 e. The fourth-order valence-electron chi connectivity index (χ4n) is 16.3. The Labute approximate surface area is 790 Å². The average molecular weight is 1830 g/mol. The Morgan fingerprint density at radius 3 is 1.35 bits per heavy atom. The Bertz CT molecular complexity index is 6720. The van der Waals surface area contributed by atoms with Crippen molar-refractivity contribution in [2.45, 2.75) is 105 Å². The number of imidazole rings is 5. The molecule has 0 radical (unpaired) electrons. The molecule has 136 heavy (non-hydrogen) atoms. The molecular formula is C104H116F2N28O2. The fourth-order valence-corrected chi connectivity index (χ4v) is 16.3. The Morgan fingerprint density at radius 1 is 0.426 bits per heavy atom. The summed E-state index contributed by atoms with van der Waals surface area (Å²) in [6.45, 7) is 32.3. The summed E-state index contributed by atoms with van der Waals surface area (Å²) in [6.07, 6.45) is 29.3. The number of ether oxygens (including phenoxy) is 1. The maximum atomic E-state index is 13.2. The van der Waals surface area contributed by atoms with Crippen molar-refractivity contribution >= 4 is 79.0 Å². The molecule has 17 aromatic rings. The summed E-state index contributed by atoms with van der Waals surface area (Å²) in [5.74, 6) is 4.84. The lowest BCUT2D eigenvalue weighted by molar-refractivity contribution is 0.0372. The third-order valence-corrected chi connectivity index (χ3v) is 24.3. The van der Waals surface area contributed by atoms with Gasteiger partial charge < -0.3 is 46.1 Å². The molecule has 2 fully saturated rings. The van der Waals surface area contributed by atoms with E-state index in [1.54, 1.807) is 124 Å². The molecule has 698 valence electrons. The normalized spacial score (nSPS) is 13.9. The summed E-state index contributed by atoms with van der Waals surface area (Å²) in [4.78, 5) is 81.0. The number of aryl methyl sites for hydroxylation is 1. The van der Waals surface area contributed by atoms with Crippen molar-refractivity contribution < 1.29 is 18.3 Å². The van der Waals surface area contributed by atoms with Gasteiger partial charge in [0, 0.05) is 120 Å². The molecule has 1 amide bonds. The van der Waals surface area contributed by atoms with E-state index in [0.29, 0.717) is 58.3 Å². The minimum absolute atomic E-state index is 0.0367. The number of aromatic nitrogens is 18. The SMILES string of the molecule is C=C(NCCCCN1CCOCC1)c1ccc2ncn(-c3cncc(N[C@@H](C)c4ccccc4)n3)c2c1.CC(Nc1cncc(-n2cnc3ccc(CN4CCN(C)CC4)cc32)n1)c1ccc(F)cc1.CCN(CC)Cc1ccc2ncn(-c3cncc(NC(C)c4ccc(F)cc4)n3)c2c1.C[C@H](Nc1cncc(-n2cnc3cc(C(=O)NCCCn4ccnc4)ccc32)n1)c1ccccc1. The third kappa shape index (κ3) is 25.1. The van der Waals surface area contributed by atoms with Crippen LogP contribution in [-0.4, -0.2) is 205 Å². The zero-order valence-corrected chi connectivity index (χ0v) is 77.8. The number of piperazine rings is 1. The number of nitrogens with one attached hydrogen (secondary N) is 6. The molecule has 32 heteroatoms. The number of benzene rings is 8. The highest BCUT2D eigenvalue weighted by atomic mass is 19.1. The average Bonchev–Trinajstić information content (AvgIpc) is 1.65. The summed E-state index contributed by atoms with van der Waals surface area (Å²) in [5, 5.41) is 20.0. The molecule has 0 spiro atoms. The molecule has 2 unspecified atom stereocenters. The van der Waals surface area contributed by atoms with Crippen LogP contribution in [0, 0.1) is 11.6 Å². The molecule has 11 heterocycles. The van der Waals surface area contributed by atoms with Gasteiger partial charge in [-0.2, -0.15) is 0 Å². The highest BCUT2D eigenvalue weighted by Gasteiger charge is 2.21. The number of fused-ring (bicyclic) bond motifs is 4. The first-order valence-electron chi connectivity index (χ1n) is 46.4. The van der Waals surface area contributed by atoms with Crippen LogP contribution >= 0.6 is 0 Å². The van der Waals surface area contributed by atoms with Gasteiger partial charge in [0.2, 0.25) is 0 Å². The van der Waals surface area contributed by atoms with E-state index in [0.717, 1.165) is 184 Å². The van der Waals surface area contributed by atoms with Crippen LogP contribution in [0.2, 0.25) is 0 Å². The number of carbonyl (C=O) groups excluding carboxylic acids is 1. The summed E-state index contributed by atoms with van der Waals surface area (Å²) in [7, 11) is 2.17. The second kappa shape index (κ2) is 46.1. The molecule has 8 aromatic carbocycles. The van der Waals surface area contributed by atoms with E-state index in [2.05, 4.69) is 210 Å². The van der Waals surface area contributed by atoms with Crippen molar-refractivity contribution in [1.29, 1.82) is 0 Å². The maximum Gasteiger partial charge on any atom is 0.251 e. The van der Waals surface area contributed by atoms with Crippen molar-refractivity contribution in [1.82, 2.24) is 118 Å². The van der Waals surface area contributed by atoms with Crippen LogP contribution in [0.25, 0.3) is 73.1 Å². The number of hydrogen-bond acceptors (Lipinski definition) is 24. The topological polar surface area (TPSA) is 304 Å². The number of rotatable bonds is 34. The van der Waals surface area contributed by atoms with E-state index in [-0.39, 0.29) is 41.7 Å². The van der Waals surface area contributed by atoms with Gasteiger partial charge in [-0.1, -0.05) is 124 Å². The number of likely N-dealkylation sites (N-methyl/N-ethyl adjacent to an activating group) is 1. The lowest BCUT2D eigenvalue weighted by atomic mass is 10.1. The molecule has 19 rings (SSSR count). The maximum absolute atomic E-state index is 13.2. The molecule has 0 aliphatic carbocycles. The number of amides is 1. The smallest absolute Gasteiger partial charge is 0.251 e. The van der Waals surface area contributed by atoms with Crippen molar-refractivity contribution in [2.75, 3.05) is 114 Å². The number of halogens is 2. The quantitative estimate of drug-likeness (QED) is 0.0204. The summed E-state index contributed by atoms with van der Waals surface area (Å²) < 4.78 is 41.6. The summed E-state index contributed by atoms with van der Waals surface area (Å²) in [5.41, 5.74) is 16.7. The van der Waals surface area contributed by atoms with Gasteiger partial charge in [0.1, 0.15) is 60.2 Å². The summed E-state index contributed by atoms with van der Waals surface area (Å²) in [6, 6.07) is 58.0. The molecule has 2 saturated heterocycles. The van der Waals surface area contributed by atoms with Crippen LogP contribution in [0.4, 0.5) is 32.1 Å². The van der Waals surface area contributed by atoms with E-state index in [1.165, 1.54) is 46.5 Å². The number of hydrogen-bond donors (Lipinski definition) is 6. The molecule has 6 N–H and O–H groups in total. The van der Waals surface area contributed by atoms with Crippen molar-refractivity contribution in [2.24, 2.45) is 0 Å². The number of nitrogens with zero attached hydrogens (tertiary/aromatic N) is 22. The molecule has 4 atom stereocenters. The second-order valence-electron chi connectivity index (χ2n) is 34.0. The van der Waals surface area contributed by atoms with E-state index < -0.39 is 0 Å². The Kier molecular flexibility index (Phi) is 32.0. The minimum atomic E-state index is -0.245. The van der Waals surface area contributed by atoms with Crippen molar-refractivity contribution in [3.63, 3.8) is 0 Å². The molecule has 30 nitrogen and oxygen atoms in total. The van der Waals surface area contributed by atoms with Crippen LogP contribution in [0.3, 0.4) is 0 Å². The van der Waals surface area contributed by atoms with E-state index in [4.69, 9.17) is 24.7 Å². The number of unbranched alkanes of at least 4 members (excludes halogenated alkanes) is 1. The Hall–Kier alpha value is -15.0. The van der Waals surface area contributed by atoms with Gasteiger partial charge in [0.25, 0.3) is 5.91 Å². The summed E-state index contributed by atoms with van der Waals surface area (Å²) >= 11 is 0. The molecule has 2 aliphatic heterocycles. The van der Waals surface area contributed by atoms with E-state index in [1.807, 2.05) is 91.4 Å². The Morgan fingerprint density at radius 2 is 0.868 bits per heavy atom. The van der Waals surface area contributed by atoms with Crippen LogP contribution in [0.15, 0.2) is 282 Å². The molecule has 0 bridgehead atoms. The van der Waals surface area contributed by atoms with Gasteiger partial charge in [-0.25, -0.2) is 53.6 Å². The lowest BCUT2D eigenvalue weighted by Crippen LogP contribution is -2.43. The van der Waals surface area contributed by atoms with Gasteiger partial charge in [0.05, 0.1) is 113 Å². The van der Waals surface area contributed by atoms with Crippen molar-refractivity contribution in [3.8, 4) is 23.3 Å². The first-order valence-corrected chi connectivity index (χ1v) is 46.4. The predicted octanol–water partition coefficient (Wildman–Crippen LogP) is 17.5. The van der Waals surface area contributed by atoms with Crippen LogP contribution in [0.1, 0.15) is 134 Å². The van der Waals surface area contributed by atoms with Gasteiger partial charge >= 0.3 is 0 Å². The highest BCUT2D eigenvalue weighted by Crippen LogP contribution is 2.30. The van der Waals surface area contributed by atoms with Gasteiger partial charge in [-0.05, 0) is 191 Å². The number of morpholine rings is 1. The highest BCUT2D eigenvalue weighted by molar-refractivity contribution is 5.97. The molecule has 0 saturated carbocycles. The Balaban J connectivity index is 0.000000132. The zero-order chi connectivity index (χ0) is 94.1. The van der Waals surface area contributed by atoms with E-state index in [9.17, 15) is 13.6 Å². The number of carbonyl (C=O) groups is 1. The molecular weight excluding hydrogens is 1710 g/mol. The molecule has 2 aliphatic rings. The zero-order valence-electron chi connectivity index (χ0n) is 77.8. The van der Waals surface area contributed by atoms with E-state index >= 15 is 0 Å².